The predicted octanol–water partition coefficient (Wildman–Crippen LogP) is 11.4. The molecule has 0 atom stereocenters. The van der Waals surface area contributed by atoms with Crippen molar-refractivity contribution in [1.29, 1.82) is 0 Å². The van der Waals surface area contributed by atoms with Gasteiger partial charge < -0.3 is 0 Å². The molecular weight excluding hydrogens is 538 g/mol. The Bertz CT molecular complexity index is 698. The van der Waals surface area contributed by atoms with E-state index in [2.05, 4.69) is 76.2 Å². The van der Waals surface area contributed by atoms with E-state index in [9.17, 15) is 50.4 Å². The molecule has 0 aliphatic heterocycles. The van der Waals surface area contributed by atoms with Gasteiger partial charge in [0, 0.05) is 0 Å². The summed E-state index contributed by atoms with van der Waals surface area (Å²) in [6, 6.07) is 16.9. The molecule has 0 N–H and O–H groups in total. The minimum absolute atomic E-state index is 0. The maximum absolute atomic E-state index is 10.7. The van der Waals surface area contributed by atoms with Crippen molar-refractivity contribution in [2.45, 2.75) is 27.7 Å². The molecule has 0 nitrogen and oxygen atoms in total. The van der Waals surface area contributed by atoms with Crippen molar-refractivity contribution in [2.75, 3.05) is 0 Å². The molecule has 0 bridgehead atoms. The molecule has 0 aromatic heterocycles. The monoisotopic (exact) mass is 558 g/mol. The first-order chi connectivity index (χ1) is 12.5. The van der Waals surface area contributed by atoms with Gasteiger partial charge in [0.2, 0.25) is 0 Å². The summed E-state index contributed by atoms with van der Waals surface area (Å²) < 4.78 is 118. The summed E-state index contributed by atoms with van der Waals surface area (Å²) in [4.78, 5) is 0. The van der Waals surface area contributed by atoms with E-state index in [0.717, 1.165) is 0 Å². The van der Waals surface area contributed by atoms with Crippen LogP contribution in [0.15, 0.2) is 48.5 Å². The van der Waals surface area contributed by atoms with Crippen LogP contribution < -0.4 is 0 Å². The zero-order valence-corrected chi connectivity index (χ0v) is 19.3. The van der Waals surface area contributed by atoms with E-state index in [1.165, 1.54) is 22.3 Å². The number of hydrogen-bond donors (Lipinski definition) is 0. The number of aryl methyl sites for hydroxylation is 4. The molecule has 0 aliphatic rings. The number of halogens is 12. The van der Waals surface area contributed by atoms with Gasteiger partial charge in [0.05, 0.1) is 0 Å². The van der Waals surface area contributed by atoms with Crippen LogP contribution in [0, 0.1) is 27.7 Å². The Kier molecular flexibility index (Phi) is 10.6. The average molecular weight is 558 g/mol. The van der Waals surface area contributed by atoms with Gasteiger partial charge in [0.1, 0.15) is 0 Å². The second-order valence-electron chi connectivity index (χ2n) is 6.23. The van der Waals surface area contributed by atoms with Gasteiger partial charge >= 0.3 is 83.0 Å². The van der Waals surface area contributed by atoms with Crippen molar-refractivity contribution >= 4 is 15.6 Å². The molecule has 2 rings (SSSR count). The van der Waals surface area contributed by atoms with E-state index in [1.54, 1.807) is 0 Å². The first-order valence-corrected chi connectivity index (χ1v) is 11.7. The first kappa shape index (κ1) is 34.6. The van der Waals surface area contributed by atoms with Crippen LogP contribution in [0.1, 0.15) is 22.3 Å². The van der Waals surface area contributed by atoms with Crippen molar-refractivity contribution in [2.24, 2.45) is 0 Å². The zero-order valence-electron chi connectivity index (χ0n) is 16.4. The van der Waals surface area contributed by atoms with Crippen LogP contribution in [0.4, 0.5) is 50.4 Å². The maximum Gasteiger partial charge on any atom is 2.00 e. The van der Waals surface area contributed by atoms with Crippen molar-refractivity contribution in [3.63, 3.8) is 0 Å². The first-order valence-electron chi connectivity index (χ1n) is 7.67. The second-order valence-corrected chi connectivity index (χ2v) is 10.1. The molecule has 2 aromatic carbocycles. The van der Waals surface area contributed by atoms with Gasteiger partial charge in [-0.15, -0.1) is 0 Å². The molecular formula is C16H20F12FeP2. The third kappa shape index (κ3) is 58.6. The van der Waals surface area contributed by atoms with Crippen molar-refractivity contribution in [1.82, 2.24) is 0 Å². The molecule has 0 saturated heterocycles. The second kappa shape index (κ2) is 9.46. The van der Waals surface area contributed by atoms with Gasteiger partial charge in [-0.25, -0.2) is 0 Å². The summed E-state index contributed by atoms with van der Waals surface area (Å²) in [5, 5.41) is 0. The van der Waals surface area contributed by atoms with Gasteiger partial charge in [0.15, 0.2) is 0 Å². The molecule has 2 aromatic rings. The van der Waals surface area contributed by atoms with Crippen LogP contribution in [-0.2, 0) is 17.1 Å². The normalized spacial score (nSPS) is 15.2. The van der Waals surface area contributed by atoms with Crippen molar-refractivity contribution < 1.29 is 67.4 Å². The number of hydrogen-bond acceptors (Lipinski definition) is 0. The molecule has 0 fully saturated rings. The van der Waals surface area contributed by atoms with E-state index in [1.807, 2.05) is 0 Å². The molecule has 0 spiro atoms. The summed E-state index contributed by atoms with van der Waals surface area (Å²) in [6.07, 6.45) is 0. The molecule has 0 radical (unpaired) electrons. The van der Waals surface area contributed by atoms with Gasteiger partial charge in [-0.05, 0) is 27.7 Å². The maximum atomic E-state index is 9.87. The minimum Gasteiger partial charge on any atom is 2.00 e. The number of benzene rings is 2. The molecule has 15 heteroatoms. The van der Waals surface area contributed by atoms with Crippen LogP contribution in [-0.4, -0.2) is 0 Å². The Morgan fingerprint density at radius 1 is 0.419 bits per heavy atom. The Hall–Kier alpha value is -1.02. The van der Waals surface area contributed by atoms with Crippen LogP contribution in [0.5, 0.6) is 0 Å². The van der Waals surface area contributed by atoms with Gasteiger partial charge in [-0.1, -0.05) is 70.8 Å². The van der Waals surface area contributed by atoms with Gasteiger partial charge in [-0.2, -0.15) is 0 Å². The summed E-state index contributed by atoms with van der Waals surface area (Å²) in [5.41, 5.74) is 5.35. The Morgan fingerprint density at radius 2 is 0.548 bits per heavy atom. The summed E-state index contributed by atoms with van der Waals surface area (Å²) in [5.74, 6) is 0. The van der Waals surface area contributed by atoms with Crippen LogP contribution in [0.3, 0.4) is 0 Å². The van der Waals surface area contributed by atoms with Gasteiger partial charge in [0.25, 0.3) is 0 Å². The van der Waals surface area contributed by atoms with Crippen molar-refractivity contribution in [3.05, 3.63) is 70.8 Å². The number of rotatable bonds is 0. The molecule has 0 aliphatic carbocycles. The topological polar surface area (TPSA) is 0 Å². The molecule has 0 unspecified atom stereocenters. The molecule has 186 valence electrons. The van der Waals surface area contributed by atoms with E-state index in [-0.39, 0.29) is 17.1 Å². The molecule has 31 heavy (non-hydrogen) atoms. The van der Waals surface area contributed by atoms with E-state index in [0.29, 0.717) is 0 Å². The largest absolute Gasteiger partial charge is 2.00 e. The Balaban J connectivity index is -0.000000335. The third-order valence-electron chi connectivity index (χ3n) is 2.35. The fourth-order valence-electron chi connectivity index (χ4n) is 1.61. The van der Waals surface area contributed by atoms with Crippen LogP contribution in [0.25, 0.3) is 0 Å². The zero-order chi connectivity index (χ0) is 24.8. The predicted molar refractivity (Wildman–Crippen MR) is 99.0 cm³/mol. The smallest absolute Gasteiger partial charge is 2.00 e. The summed E-state index contributed by atoms with van der Waals surface area (Å²) >= 11 is 0. The Labute approximate surface area is 182 Å². The van der Waals surface area contributed by atoms with Crippen molar-refractivity contribution in [3.8, 4) is 0 Å². The average Bonchev–Trinajstić information content (AvgIpc) is 2.30. The fraction of sp³-hybridized carbons (Fsp3) is 0.250. The molecule has 0 amide bonds. The summed E-state index contributed by atoms with van der Waals surface area (Å²) in [6.45, 7) is 8.42. The van der Waals surface area contributed by atoms with Crippen LogP contribution >= 0.6 is 15.6 Å². The van der Waals surface area contributed by atoms with E-state index in [4.69, 9.17) is 0 Å². The Morgan fingerprint density at radius 3 is 0.613 bits per heavy atom. The standard InChI is InChI=1S/2C8H10.2F6P.Fe/c2*1-7-4-3-5-8(2)6-7;2*1-7(2,3,4,5)6;/h2*3-6H,1-2H3;;;/q;;2*-1;+2. The minimum atomic E-state index is -10.7. The summed E-state index contributed by atoms with van der Waals surface area (Å²) in [7, 11) is -21.3. The van der Waals surface area contributed by atoms with E-state index < -0.39 is 15.6 Å². The van der Waals surface area contributed by atoms with Crippen LogP contribution in [0.2, 0.25) is 0 Å². The molecule has 0 heterocycles. The SMILES string of the molecule is Cc1cccc(C)c1.Cc1cccc(C)c1.F[P-](F)(F)(F)(F)F.F[P-](F)(F)(F)(F)F.[Fe+2]. The quantitative estimate of drug-likeness (QED) is 0.172. The third-order valence-corrected chi connectivity index (χ3v) is 2.35. The molecule has 0 saturated carbocycles. The fourth-order valence-corrected chi connectivity index (χ4v) is 1.61. The van der Waals surface area contributed by atoms with E-state index >= 15 is 0 Å². The van der Waals surface area contributed by atoms with Gasteiger partial charge in [-0.3, -0.25) is 0 Å².